The van der Waals surface area contributed by atoms with Gasteiger partial charge in [-0.1, -0.05) is 18.2 Å². The number of nitrogens with zero attached hydrogens (tertiary/aromatic N) is 2. The van der Waals surface area contributed by atoms with Crippen LogP contribution >= 0.6 is 0 Å². The van der Waals surface area contributed by atoms with E-state index in [0.717, 1.165) is 24.9 Å². The van der Waals surface area contributed by atoms with E-state index in [9.17, 15) is 5.11 Å². The predicted molar refractivity (Wildman–Crippen MR) is 112 cm³/mol. The van der Waals surface area contributed by atoms with Gasteiger partial charge in [-0.05, 0) is 35.6 Å². The Morgan fingerprint density at radius 3 is 2.76 bits per heavy atom. The summed E-state index contributed by atoms with van der Waals surface area (Å²) in [6.45, 7) is 2.22. The zero-order valence-corrected chi connectivity index (χ0v) is 16.7. The maximum Gasteiger partial charge on any atom is 0.164 e. The van der Waals surface area contributed by atoms with Crippen LogP contribution in [0.1, 0.15) is 12.0 Å². The van der Waals surface area contributed by atoms with E-state index in [1.807, 2.05) is 30.6 Å². The zero-order chi connectivity index (χ0) is 20.2. The minimum Gasteiger partial charge on any atom is -0.493 e. The lowest BCUT2D eigenvalue weighted by Crippen LogP contribution is -2.48. The number of hydrogen-bond acceptors (Lipinski definition) is 6. The van der Waals surface area contributed by atoms with Crippen LogP contribution in [0, 0.1) is 0 Å². The predicted octanol–water partition coefficient (Wildman–Crippen LogP) is 3.27. The molecule has 0 bridgehead atoms. The van der Waals surface area contributed by atoms with Crippen LogP contribution in [-0.2, 0) is 6.54 Å². The standard InChI is InChI=1S/C23H26N2O4/c1-27-22-7-6-18(12-23(22)28-2)29-21-9-11-25(15-20(21)26)14-17-5-3-4-16-13-24-10-8-19(16)17/h3-8,10,12-13,20-21,26H,9,11,14-15H2,1-2H3/t20-,21-/m1/s1. The summed E-state index contributed by atoms with van der Waals surface area (Å²) in [6, 6.07) is 13.8. The second kappa shape index (κ2) is 8.68. The third-order valence-corrected chi connectivity index (χ3v) is 5.41. The highest BCUT2D eigenvalue weighted by Crippen LogP contribution is 2.32. The van der Waals surface area contributed by atoms with Crippen LogP contribution in [0.15, 0.2) is 54.9 Å². The average molecular weight is 394 g/mol. The topological polar surface area (TPSA) is 64.1 Å². The van der Waals surface area contributed by atoms with Crippen molar-refractivity contribution in [1.82, 2.24) is 9.88 Å². The smallest absolute Gasteiger partial charge is 0.164 e. The highest BCUT2D eigenvalue weighted by atomic mass is 16.5. The molecule has 1 fully saturated rings. The van der Waals surface area contributed by atoms with Gasteiger partial charge in [0.1, 0.15) is 18.0 Å². The number of aromatic nitrogens is 1. The fourth-order valence-electron chi connectivity index (χ4n) is 3.89. The number of piperidine rings is 1. The summed E-state index contributed by atoms with van der Waals surface area (Å²) in [4.78, 5) is 6.47. The lowest BCUT2D eigenvalue weighted by molar-refractivity contribution is -0.0274. The molecule has 6 heteroatoms. The van der Waals surface area contributed by atoms with Crippen LogP contribution < -0.4 is 14.2 Å². The SMILES string of the molecule is COc1ccc(O[C@@H]2CCN(Cc3cccc4cnccc34)C[C@H]2O)cc1OC. The molecule has 0 radical (unpaired) electrons. The summed E-state index contributed by atoms with van der Waals surface area (Å²) in [7, 11) is 3.20. The van der Waals surface area contributed by atoms with Gasteiger partial charge < -0.3 is 19.3 Å². The first-order valence-electron chi connectivity index (χ1n) is 9.78. The Morgan fingerprint density at radius 1 is 1.10 bits per heavy atom. The molecule has 1 N–H and O–H groups in total. The molecule has 0 saturated carbocycles. The summed E-state index contributed by atoms with van der Waals surface area (Å²) in [5, 5.41) is 13.0. The highest BCUT2D eigenvalue weighted by Gasteiger charge is 2.29. The van der Waals surface area contributed by atoms with E-state index in [0.29, 0.717) is 23.8 Å². The first-order chi connectivity index (χ1) is 14.2. The number of benzene rings is 2. The maximum atomic E-state index is 10.7. The van der Waals surface area contributed by atoms with Crippen LogP contribution in [0.4, 0.5) is 0 Å². The van der Waals surface area contributed by atoms with E-state index in [-0.39, 0.29) is 6.10 Å². The van der Waals surface area contributed by atoms with Gasteiger partial charge in [-0.15, -0.1) is 0 Å². The molecule has 4 rings (SSSR count). The first-order valence-corrected chi connectivity index (χ1v) is 9.78. The quantitative estimate of drug-likeness (QED) is 0.692. The minimum absolute atomic E-state index is 0.249. The molecule has 6 nitrogen and oxygen atoms in total. The number of β-amino-alcohol motifs (C(OH)–C–C–N with tert-alkyl or cyclic N) is 1. The van der Waals surface area contributed by atoms with Crippen LogP contribution in [0.25, 0.3) is 10.8 Å². The van der Waals surface area contributed by atoms with Crippen molar-refractivity contribution >= 4 is 10.8 Å². The van der Waals surface area contributed by atoms with Crippen molar-refractivity contribution in [3.8, 4) is 17.2 Å². The van der Waals surface area contributed by atoms with E-state index < -0.39 is 6.10 Å². The van der Waals surface area contributed by atoms with Gasteiger partial charge in [0.05, 0.1) is 14.2 Å². The van der Waals surface area contributed by atoms with Gasteiger partial charge >= 0.3 is 0 Å². The molecule has 152 valence electrons. The number of aliphatic hydroxyl groups is 1. The Kier molecular flexibility index (Phi) is 5.83. The van der Waals surface area contributed by atoms with Gasteiger partial charge in [0, 0.05) is 43.5 Å². The van der Waals surface area contributed by atoms with E-state index >= 15 is 0 Å². The molecule has 3 aromatic rings. The van der Waals surface area contributed by atoms with Gasteiger partial charge in [0.15, 0.2) is 11.5 Å². The molecule has 0 unspecified atom stereocenters. The normalized spacial score (nSPS) is 19.8. The molecule has 1 saturated heterocycles. The molecule has 2 atom stereocenters. The molecular weight excluding hydrogens is 368 g/mol. The Bertz CT molecular complexity index is 973. The zero-order valence-electron chi connectivity index (χ0n) is 16.7. The summed E-state index contributed by atoms with van der Waals surface area (Å²) >= 11 is 0. The van der Waals surface area contributed by atoms with E-state index in [4.69, 9.17) is 14.2 Å². The Hall–Kier alpha value is -2.83. The average Bonchev–Trinajstić information content (AvgIpc) is 2.76. The van der Waals surface area contributed by atoms with Gasteiger partial charge in [0.25, 0.3) is 0 Å². The molecule has 0 spiro atoms. The van der Waals surface area contributed by atoms with Crippen molar-refractivity contribution in [1.29, 1.82) is 0 Å². The molecule has 29 heavy (non-hydrogen) atoms. The summed E-state index contributed by atoms with van der Waals surface area (Å²) < 4.78 is 16.7. The lowest BCUT2D eigenvalue weighted by Gasteiger charge is -2.36. The second-order valence-electron chi connectivity index (χ2n) is 7.28. The first kappa shape index (κ1) is 19.5. The fourth-order valence-corrected chi connectivity index (χ4v) is 3.89. The Labute approximate surface area is 170 Å². The number of methoxy groups -OCH3 is 2. The number of rotatable bonds is 6. The number of pyridine rings is 1. The Morgan fingerprint density at radius 2 is 1.97 bits per heavy atom. The van der Waals surface area contributed by atoms with Crippen LogP contribution in [0.5, 0.6) is 17.2 Å². The summed E-state index contributed by atoms with van der Waals surface area (Å²) in [5.74, 6) is 1.93. The third kappa shape index (κ3) is 4.28. The number of likely N-dealkylation sites (tertiary alicyclic amines) is 1. The molecule has 1 aliphatic heterocycles. The number of ether oxygens (including phenoxy) is 3. The molecule has 1 aromatic heterocycles. The molecule has 0 aliphatic carbocycles. The van der Waals surface area contributed by atoms with E-state index in [1.165, 1.54) is 10.9 Å². The summed E-state index contributed by atoms with van der Waals surface area (Å²) in [5.41, 5.74) is 1.25. The van der Waals surface area contributed by atoms with E-state index in [1.54, 1.807) is 20.3 Å². The monoisotopic (exact) mass is 394 g/mol. The fraction of sp³-hybridized carbons (Fsp3) is 0.348. The van der Waals surface area contributed by atoms with Crippen molar-refractivity contribution in [2.45, 2.75) is 25.2 Å². The van der Waals surface area contributed by atoms with Crippen LogP contribution in [0.3, 0.4) is 0 Å². The molecule has 0 amide bonds. The number of hydrogen-bond donors (Lipinski definition) is 1. The maximum absolute atomic E-state index is 10.7. The largest absolute Gasteiger partial charge is 0.493 e. The second-order valence-corrected chi connectivity index (χ2v) is 7.28. The summed E-state index contributed by atoms with van der Waals surface area (Å²) in [6.07, 6.45) is 3.65. The molecule has 1 aliphatic rings. The number of aliphatic hydroxyl groups excluding tert-OH is 1. The van der Waals surface area contributed by atoms with E-state index in [2.05, 4.69) is 28.1 Å². The van der Waals surface area contributed by atoms with Gasteiger partial charge in [-0.25, -0.2) is 0 Å². The Balaban J connectivity index is 1.41. The van der Waals surface area contributed by atoms with Crippen molar-refractivity contribution in [2.75, 3.05) is 27.3 Å². The number of fused-ring (bicyclic) bond motifs is 1. The lowest BCUT2D eigenvalue weighted by atomic mass is 10.0. The van der Waals surface area contributed by atoms with Crippen molar-refractivity contribution in [3.05, 3.63) is 60.4 Å². The van der Waals surface area contributed by atoms with Gasteiger partial charge in [-0.3, -0.25) is 9.88 Å². The van der Waals surface area contributed by atoms with Crippen molar-refractivity contribution < 1.29 is 19.3 Å². The van der Waals surface area contributed by atoms with Gasteiger partial charge in [-0.2, -0.15) is 0 Å². The minimum atomic E-state index is -0.562. The van der Waals surface area contributed by atoms with Crippen molar-refractivity contribution in [2.24, 2.45) is 0 Å². The molecule has 2 aromatic carbocycles. The third-order valence-electron chi connectivity index (χ3n) is 5.41. The van der Waals surface area contributed by atoms with Crippen LogP contribution in [-0.4, -0.2) is 54.5 Å². The van der Waals surface area contributed by atoms with Gasteiger partial charge in [0.2, 0.25) is 0 Å². The molecule has 2 heterocycles. The van der Waals surface area contributed by atoms with Crippen molar-refractivity contribution in [3.63, 3.8) is 0 Å². The highest BCUT2D eigenvalue weighted by molar-refractivity contribution is 5.84. The molecular formula is C23H26N2O4. The van der Waals surface area contributed by atoms with Crippen LogP contribution in [0.2, 0.25) is 0 Å².